The van der Waals surface area contributed by atoms with Crippen molar-refractivity contribution in [3.8, 4) is 5.75 Å². The van der Waals surface area contributed by atoms with Crippen molar-refractivity contribution < 1.29 is 22.7 Å². The second-order valence-corrected chi connectivity index (χ2v) is 8.60. The largest absolute Gasteiger partial charge is 0.481 e. The average Bonchev–Trinajstić information content (AvgIpc) is 2.76. The van der Waals surface area contributed by atoms with E-state index < -0.39 is 16.1 Å². The highest BCUT2D eigenvalue weighted by Crippen LogP contribution is 2.22. The van der Waals surface area contributed by atoms with Crippen LogP contribution in [0.1, 0.15) is 13.8 Å². The molecule has 0 bridgehead atoms. The van der Waals surface area contributed by atoms with Gasteiger partial charge in [0, 0.05) is 25.3 Å². The summed E-state index contributed by atoms with van der Waals surface area (Å²) in [4.78, 5) is 14.7. The third kappa shape index (κ3) is 4.95. The summed E-state index contributed by atoms with van der Waals surface area (Å²) in [5.41, 5.74) is 0.808. The molecule has 8 heteroatoms. The van der Waals surface area contributed by atoms with Gasteiger partial charge in [-0.15, -0.1) is 0 Å². The third-order valence-corrected chi connectivity index (χ3v) is 6.66. The van der Waals surface area contributed by atoms with Crippen LogP contribution in [0.5, 0.6) is 5.75 Å². The van der Waals surface area contributed by atoms with E-state index in [1.165, 1.54) is 16.4 Å². The summed E-state index contributed by atoms with van der Waals surface area (Å²) in [5.74, 6) is 0.277. The second kappa shape index (κ2) is 9.39. The number of likely N-dealkylation sites (N-methyl/N-ethyl adjacent to an activating group) is 1. The lowest BCUT2D eigenvalue weighted by atomic mass is 10.2. The minimum atomic E-state index is -3.55. The fourth-order valence-corrected chi connectivity index (χ4v) is 4.58. The Kier molecular flexibility index (Phi) is 6.89. The fourth-order valence-electron chi connectivity index (χ4n) is 3.17. The highest BCUT2D eigenvalue weighted by Gasteiger charge is 2.27. The minimum absolute atomic E-state index is 0.163. The summed E-state index contributed by atoms with van der Waals surface area (Å²) in [6, 6.07) is 15.6. The normalized spacial score (nSPS) is 16.2. The van der Waals surface area contributed by atoms with Gasteiger partial charge in [0.2, 0.25) is 10.0 Å². The average molecular weight is 419 g/mol. The van der Waals surface area contributed by atoms with Crippen LogP contribution in [0, 0.1) is 0 Å². The van der Waals surface area contributed by atoms with Crippen molar-refractivity contribution in [3.63, 3.8) is 0 Å². The van der Waals surface area contributed by atoms with Gasteiger partial charge >= 0.3 is 0 Å². The van der Waals surface area contributed by atoms with Crippen LogP contribution in [0.2, 0.25) is 0 Å². The second-order valence-electron chi connectivity index (χ2n) is 6.67. The maximum atomic E-state index is 12.8. The summed E-state index contributed by atoms with van der Waals surface area (Å²) in [6.07, 6.45) is -0.711. The number of rotatable bonds is 7. The van der Waals surface area contributed by atoms with Crippen LogP contribution in [0.4, 0.5) is 5.69 Å². The van der Waals surface area contributed by atoms with Gasteiger partial charge < -0.3 is 14.4 Å². The van der Waals surface area contributed by atoms with E-state index in [0.29, 0.717) is 38.6 Å². The van der Waals surface area contributed by atoms with Crippen molar-refractivity contribution >= 4 is 21.6 Å². The van der Waals surface area contributed by atoms with E-state index in [1.54, 1.807) is 24.0 Å². The standard InChI is InChI=1S/C21H26N2O5S/c1-3-23(18-7-5-4-6-8-18)21(24)17(2)28-19-9-11-20(12-10-19)29(25,26)22-13-15-27-16-14-22/h4-12,17H,3,13-16H2,1-2H3/t17-/m0/s1. The molecule has 1 heterocycles. The number of ether oxygens (including phenoxy) is 2. The first-order chi connectivity index (χ1) is 13.9. The summed E-state index contributed by atoms with van der Waals surface area (Å²) >= 11 is 0. The molecule has 0 aromatic heterocycles. The SMILES string of the molecule is CCN(C(=O)[C@H](C)Oc1ccc(S(=O)(=O)N2CCOCC2)cc1)c1ccccc1. The number of morpholine rings is 1. The Balaban J connectivity index is 1.68. The molecule has 1 aliphatic heterocycles. The van der Waals surface area contributed by atoms with E-state index >= 15 is 0 Å². The minimum Gasteiger partial charge on any atom is -0.481 e. The first-order valence-electron chi connectivity index (χ1n) is 9.64. The van der Waals surface area contributed by atoms with E-state index in [9.17, 15) is 13.2 Å². The van der Waals surface area contributed by atoms with Crippen molar-refractivity contribution in [2.75, 3.05) is 37.7 Å². The first-order valence-corrected chi connectivity index (χ1v) is 11.1. The van der Waals surface area contributed by atoms with Gasteiger partial charge in [-0.2, -0.15) is 4.31 Å². The van der Waals surface area contributed by atoms with Crippen LogP contribution in [-0.4, -0.2) is 57.6 Å². The molecule has 2 aromatic rings. The van der Waals surface area contributed by atoms with E-state index in [-0.39, 0.29) is 10.8 Å². The van der Waals surface area contributed by atoms with Crippen LogP contribution in [0.3, 0.4) is 0 Å². The van der Waals surface area contributed by atoms with Crippen molar-refractivity contribution in [2.24, 2.45) is 0 Å². The molecule has 7 nitrogen and oxygen atoms in total. The lowest BCUT2D eigenvalue weighted by Gasteiger charge is -2.26. The predicted octanol–water partition coefficient (Wildman–Crippen LogP) is 2.53. The molecule has 156 valence electrons. The quantitative estimate of drug-likeness (QED) is 0.691. The summed E-state index contributed by atoms with van der Waals surface area (Å²) in [5, 5.41) is 0. The number of carbonyl (C=O) groups excluding carboxylic acids is 1. The topological polar surface area (TPSA) is 76.2 Å². The van der Waals surface area contributed by atoms with Gasteiger partial charge in [-0.1, -0.05) is 18.2 Å². The molecule has 0 aliphatic carbocycles. The molecule has 0 N–H and O–H groups in total. The maximum absolute atomic E-state index is 12.8. The maximum Gasteiger partial charge on any atom is 0.267 e. The lowest BCUT2D eigenvalue weighted by Crippen LogP contribution is -2.40. The number of hydrogen-bond acceptors (Lipinski definition) is 5. The molecule has 1 amide bonds. The number of nitrogens with zero attached hydrogens (tertiary/aromatic N) is 2. The Morgan fingerprint density at radius 1 is 1.10 bits per heavy atom. The number of amides is 1. The zero-order chi connectivity index (χ0) is 20.9. The number of carbonyl (C=O) groups is 1. The monoisotopic (exact) mass is 418 g/mol. The molecule has 1 fully saturated rings. The zero-order valence-electron chi connectivity index (χ0n) is 16.7. The molecular formula is C21H26N2O5S. The van der Waals surface area contributed by atoms with Gasteiger partial charge in [0.15, 0.2) is 6.10 Å². The van der Waals surface area contributed by atoms with Crippen LogP contribution >= 0.6 is 0 Å². The lowest BCUT2D eigenvalue weighted by molar-refractivity contribution is -0.124. The molecule has 2 aromatic carbocycles. The highest BCUT2D eigenvalue weighted by atomic mass is 32.2. The Hall–Kier alpha value is -2.42. The van der Waals surface area contributed by atoms with Crippen molar-refractivity contribution in [1.29, 1.82) is 0 Å². The number of para-hydroxylation sites is 1. The van der Waals surface area contributed by atoms with Crippen LogP contribution < -0.4 is 9.64 Å². The van der Waals surface area contributed by atoms with Gasteiger partial charge in [0.05, 0.1) is 18.1 Å². The molecule has 1 atom stereocenters. The molecule has 0 radical (unpaired) electrons. The third-order valence-electron chi connectivity index (χ3n) is 4.74. The summed E-state index contributed by atoms with van der Waals surface area (Å²) in [6.45, 7) is 5.60. The van der Waals surface area contributed by atoms with Gasteiger partial charge in [0.25, 0.3) is 5.91 Å². The zero-order valence-corrected chi connectivity index (χ0v) is 17.5. The number of benzene rings is 2. The van der Waals surface area contributed by atoms with Gasteiger partial charge in [0.1, 0.15) is 5.75 Å². The Morgan fingerprint density at radius 2 is 1.72 bits per heavy atom. The highest BCUT2D eigenvalue weighted by molar-refractivity contribution is 7.89. The van der Waals surface area contributed by atoms with Crippen LogP contribution in [-0.2, 0) is 19.6 Å². The number of sulfonamides is 1. The fraction of sp³-hybridized carbons (Fsp3) is 0.381. The number of hydrogen-bond donors (Lipinski definition) is 0. The van der Waals surface area contributed by atoms with Crippen molar-refractivity contribution in [3.05, 3.63) is 54.6 Å². The van der Waals surface area contributed by atoms with Crippen molar-refractivity contribution in [2.45, 2.75) is 24.8 Å². The van der Waals surface area contributed by atoms with Gasteiger partial charge in [-0.25, -0.2) is 8.42 Å². The molecular weight excluding hydrogens is 392 g/mol. The van der Waals surface area contributed by atoms with E-state index in [0.717, 1.165) is 5.69 Å². The molecule has 1 aliphatic rings. The molecule has 29 heavy (non-hydrogen) atoms. The van der Waals surface area contributed by atoms with E-state index in [4.69, 9.17) is 9.47 Å². The molecule has 0 spiro atoms. The molecule has 1 saturated heterocycles. The summed E-state index contributed by atoms with van der Waals surface area (Å²) < 4.78 is 37.8. The molecule has 0 saturated carbocycles. The van der Waals surface area contributed by atoms with Gasteiger partial charge in [-0.3, -0.25) is 4.79 Å². The van der Waals surface area contributed by atoms with Gasteiger partial charge in [-0.05, 0) is 50.2 Å². The Morgan fingerprint density at radius 3 is 2.31 bits per heavy atom. The Bertz CT molecular complexity index is 910. The van der Waals surface area contributed by atoms with Crippen molar-refractivity contribution in [1.82, 2.24) is 4.31 Å². The van der Waals surface area contributed by atoms with E-state index in [2.05, 4.69) is 0 Å². The molecule has 0 unspecified atom stereocenters. The predicted molar refractivity (Wildman–Crippen MR) is 111 cm³/mol. The number of anilines is 1. The van der Waals surface area contributed by atoms with Crippen LogP contribution in [0.15, 0.2) is 59.5 Å². The molecule has 3 rings (SSSR count). The van der Waals surface area contributed by atoms with E-state index in [1.807, 2.05) is 37.3 Å². The summed E-state index contributed by atoms with van der Waals surface area (Å²) in [7, 11) is -3.55. The smallest absolute Gasteiger partial charge is 0.267 e. The Labute approximate surface area is 171 Å². The van der Waals surface area contributed by atoms with Crippen LogP contribution in [0.25, 0.3) is 0 Å². The first kappa shape index (κ1) is 21.3.